The molecule has 0 saturated carbocycles. The van der Waals surface area contributed by atoms with Crippen LogP contribution in [0.3, 0.4) is 0 Å². The van der Waals surface area contributed by atoms with Crippen LogP contribution >= 0.6 is 0 Å². The molecule has 0 N–H and O–H groups in total. The van der Waals surface area contributed by atoms with E-state index >= 15 is 0 Å². The van der Waals surface area contributed by atoms with Crippen molar-refractivity contribution in [3.05, 3.63) is 59.7 Å². The average molecular weight is 434 g/mol. The molecule has 3 rings (SSSR count). The van der Waals surface area contributed by atoms with Gasteiger partial charge in [-0.2, -0.15) is 0 Å². The summed E-state index contributed by atoms with van der Waals surface area (Å²) in [5.41, 5.74) is 1.11. The zero-order valence-electron chi connectivity index (χ0n) is 17.9. The molecule has 1 aliphatic heterocycles. The Bertz CT molecular complexity index is 840. The van der Waals surface area contributed by atoms with Crippen LogP contribution in [-0.4, -0.2) is 58.1 Å². The van der Waals surface area contributed by atoms with Crippen LogP contribution in [0.5, 0.6) is 11.5 Å². The number of hydrogen-bond donors (Lipinski definition) is 0. The van der Waals surface area contributed by atoms with Gasteiger partial charge in [0.1, 0.15) is 17.6 Å². The lowest BCUT2D eigenvalue weighted by Gasteiger charge is -2.41. The van der Waals surface area contributed by atoms with Gasteiger partial charge < -0.3 is 28.4 Å². The SMILES string of the molecule is COc1ccc(CO[C@H]2[C@H](OC(=O)c3ccc(OC)cc3)[C@H](OC)[C@@H](C)O[C@H]2F)cc1. The number of methoxy groups -OCH3 is 3. The minimum absolute atomic E-state index is 0.0971. The molecular formula is C23H27FO7. The second-order valence-corrected chi connectivity index (χ2v) is 7.11. The molecule has 0 spiro atoms. The third kappa shape index (κ3) is 5.52. The van der Waals surface area contributed by atoms with Crippen LogP contribution in [-0.2, 0) is 25.6 Å². The molecule has 0 aromatic heterocycles. The van der Waals surface area contributed by atoms with Crippen molar-refractivity contribution in [3.8, 4) is 11.5 Å². The number of ether oxygens (including phenoxy) is 6. The standard InChI is InChI=1S/C23H27FO7/c1-14-19(28-4)20(31-23(25)16-7-11-18(27-3)12-8-16)21(22(24)30-14)29-13-15-5-9-17(26-2)10-6-15/h5-12,14,19-22H,13H2,1-4H3/t14-,19-,20-,21+,22-/m1/s1. The highest BCUT2D eigenvalue weighted by molar-refractivity contribution is 5.89. The Balaban J connectivity index is 1.75. The fourth-order valence-corrected chi connectivity index (χ4v) is 3.43. The average Bonchev–Trinajstić information content (AvgIpc) is 2.79. The third-order valence-corrected chi connectivity index (χ3v) is 5.16. The number of rotatable bonds is 8. The molecule has 1 heterocycles. The van der Waals surface area contributed by atoms with Crippen molar-refractivity contribution in [2.45, 2.75) is 44.3 Å². The maximum absolute atomic E-state index is 14.8. The molecule has 8 heteroatoms. The highest BCUT2D eigenvalue weighted by Crippen LogP contribution is 2.30. The first-order chi connectivity index (χ1) is 15.0. The first-order valence-corrected chi connectivity index (χ1v) is 9.88. The summed E-state index contributed by atoms with van der Waals surface area (Å²) in [6.45, 7) is 1.76. The van der Waals surface area contributed by atoms with Crippen LogP contribution < -0.4 is 9.47 Å². The van der Waals surface area contributed by atoms with Gasteiger partial charge in [-0.3, -0.25) is 0 Å². The molecule has 2 aromatic rings. The Hall–Kier alpha value is -2.68. The van der Waals surface area contributed by atoms with Gasteiger partial charge >= 0.3 is 5.97 Å². The molecule has 5 atom stereocenters. The maximum Gasteiger partial charge on any atom is 0.338 e. The zero-order chi connectivity index (χ0) is 22.4. The van der Waals surface area contributed by atoms with Gasteiger partial charge in [0.05, 0.1) is 32.5 Å². The summed E-state index contributed by atoms with van der Waals surface area (Å²) in [4.78, 5) is 12.7. The lowest BCUT2D eigenvalue weighted by Crippen LogP contribution is -2.58. The quantitative estimate of drug-likeness (QED) is 0.589. The second kappa shape index (κ2) is 10.6. The van der Waals surface area contributed by atoms with E-state index in [0.717, 1.165) is 5.56 Å². The van der Waals surface area contributed by atoms with E-state index in [4.69, 9.17) is 28.4 Å². The lowest BCUT2D eigenvalue weighted by molar-refractivity contribution is -0.270. The number of carbonyl (C=O) groups is 1. The minimum atomic E-state index is -1.78. The maximum atomic E-state index is 14.8. The predicted octanol–water partition coefficient (Wildman–Crippen LogP) is 3.54. The first-order valence-electron chi connectivity index (χ1n) is 9.88. The van der Waals surface area contributed by atoms with Crippen LogP contribution in [0.15, 0.2) is 48.5 Å². The topological polar surface area (TPSA) is 72.5 Å². The van der Waals surface area contributed by atoms with Crippen LogP contribution in [0.4, 0.5) is 4.39 Å². The van der Waals surface area contributed by atoms with Crippen molar-refractivity contribution in [1.82, 2.24) is 0 Å². The highest BCUT2D eigenvalue weighted by atomic mass is 19.1. The summed E-state index contributed by atoms with van der Waals surface area (Å²) in [5, 5.41) is 0. The zero-order valence-corrected chi connectivity index (χ0v) is 17.9. The molecule has 1 fully saturated rings. The molecule has 2 aromatic carbocycles. The lowest BCUT2D eigenvalue weighted by atomic mass is 9.99. The van der Waals surface area contributed by atoms with E-state index in [1.807, 2.05) is 12.1 Å². The van der Waals surface area contributed by atoms with Crippen LogP contribution in [0.1, 0.15) is 22.8 Å². The molecule has 0 bridgehead atoms. The van der Waals surface area contributed by atoms with Crippen LogP contribution in [0.2, 0.25) is 0 Å². The summed E-state index contributed by atoms with van der Waals surface area (Å²) >= 11 is 0. The molecule has 1 saturated heterocycles. The summed E-state index contributed by atoms with van der Waals surface area (Å²) in [6, 6.07) is 13.6. The van der Waals surface area contributed by atoms with Gasteiger partial charge in [0.15, 0.2) is 12.2 Å². The van der Waals surface area contributed by atoms with Crippen LogP contribution in [0.25, 0.3) is 0 Å². The second-order valence-electron chi connectivity index (χ2n) is 7.11. The first kappa shape index (κ1) is 23.0. The van der Waals surface area contributed by atoms with E-state index in [0.29, 0.717) is 17.1 Å². The van der Waals surface area contributed by atoms with Gasteiger partial charge in [0.25, 0.3) is 0 Å². The number of esters is 1. The number of halogens is 1. The Kier molecular flexibility index (Phi) is 7.84. The normalized spacial score (nSPS) is 25.6. The largest absolute Gasteiger partial charge is 0.497 e. The Morgan fingerprint density at radius 3 is 2.03 bits per heavy atom. The van der Waals surface area contributed by atoms with Gasteiger partial charge in [0.2, 0.25) is 6.36 Å². The number of carbonyl (C=O) groups excluding carboxylic acids is 1. The van der Waals surface area contributed by atoms with Gasteiger partial charge in [0, 0.05) is 7.11 Å². The molecule has 31 heavy (non-hydrogen) atoms. The molecule has 168 valence electrons. The molecule has 0 aliphatic carbocycles. The minimum Gasteiger partial charge on any atom is -0.497 e. The molecule has 7 nitrogen and oxygen atoms in total. The number of alkyl halides is 1. The summed E-state index contributed by atoms with van der Waals surface area (Å²) in [7, 11) is 4.57. The third-order valence-electron chi connectivity index (χ3n) is 5.16. The van der Waals surface area contributed by atoms with Crippen molar-refractivity contribution in [2.75, 3.05) is 21.3 Å². The predicted molar refractivity (Wildman–Crippen MR) is 110 cm³/mol. The van der Waals surface area contributed by atoms with E-state index in [2.05, 4.69) is 0 Å². The van der Waals surface area contributed by atoms with E-state index in [9.17, 15) is 9.18 Å². The number of benzene rings is 2. The fourth-order valence-electron chi connectivity index (χ4n) is 3.43. The summed E-state index contributed by atoms with van der Waals surface area (Å²) in [6.07, 6.45) is -5.28. The molecule has 0 amide bonds. The Labute approximate surface area is 181 Å². The summed E-state index contributed by atoms with van der Waals surface area (Å²) < 4.78 is 47.3. The monoisotopic (exact) mass is 434 g/mol. The van der Waals surface area contributed by atoms with Gasteiger partial charge in [-0.1, -0.05) is 12.1 Å². The molecular weight excluding hydrogens is 407 g/mol. The van der Waals surface area contributed by atoms with Crippen molar-refractivity contribution in [3.63, 3.8) is 0 Å². The van der Waals surface area contributed by atoms with Gasteiger partial charge in [-0.15, -0.1) is 0 Å². The van der Waals surface area contributed by atoms with E-state index in [1.54, 1.807) is 50.4 Å². The Morgan fingerprint density at radius 2 is 1.48 bits per heavy atom. The van der Waals surface area contributed by atoms with Crippen molar-refractivity contribution in [2.24, 2.45) is 0 Å². The summed E-state index contributed by atoms with van der Waals surface area (Å²) in [5.74, 6) is 0.692. The van der Waals surface area contributed by atoms with Gasteiger partial charge in [-0.05, 0) is 48.9 Å². The van der Waals surface area contributed by atoms with E-state index in [1.165, 1.54) is 14.2 Å². The fraction of sp³-hybridized carbons (Fsp3) is 0.435. The van der Waals surface area contributed by atoms with Gasteiger partial charge in [-0.25, -0.2) is 9.18 Å². The molecule has 0 radical (unpaired) electrons. The van der Waals surface area contributed by atoms with Crippen molar-refractivity contribution < 1.29 is 37.6 Å². The smallest absolute Gasteiger partial charge is 0.338 e. The van der Waals surface area contributed by atoms with Crippen molar-refractivity contribution >= 4 is 5.97 Å². The highest BCUT2D eigenvalue weighted by Gasteiger charge is 2.48. The van der Waals surface area contributed by atoms with E-state index < -0.39 is 36.7 Å². The van der Waals surface area contributed by atoms with Crippen LogP contribution in [0, 0.1) is 0 Å². The van der Waals surface area contributed by atoms with Crippen molar-refractivity contribution in [1.29, 1.82) is 0 Å². The number of hydrogen-bond acceptors (Lipinski definition) is 7. The van der Waals surface area contributed by atoms with E-state index in [-0.39, 0.29) is 6.61 Å². The molecule has 0 unspecified atom stereocenters. The Morgan fingerprint density at radius 1 is 0.903 bits per heavy atom. The molecule has 1 aliphatic rings.